The third-order valence-corrected chi connectivity index (χ3v) is 5.03. The van der Waals surface area contributed by atoms with Crippen LogP contribution in [0.2, 0.25) is 0 Å². The highest BCUT2D eigenvalue weighted by atomic mass is 32.1. The molecule has 1 aliphatic heterocycles. The molecule has 0 bridgehead atoms. The van der Waals surface area contributed by atoms with E-state index < -0.39 is 0 Å². The van der Waals surface area contributed by atoms with E-state index in [9.17, 15) is 0 Å². The molecule has 3 rings (SSSR count). The van der Waals surface area contributed by atoms with Crippen LogP contribution in [-0.2, 0) is 26.1 Å². The minimum Gasteiger partial charge on any atom is -0.463 e. The second-order valence-corrected chi connectivity index (χ2v) is 7.18. The SMILES string of the molecule is Cc1cc(CN2CCc3sccc3C2)oc1CNC(C)C. The van der Waals surface area contributed by atoms with Gasteiger partial charge in [0.25, 0.3) is 0 Å². The van der Waals surface area contributed by atoms with Crippen molar-refractivity contribution >= 4 is 11.3 Å². The molecule has 0 unspecified atom stereocenters. The standard InChI is InChI=1S/C17H24N2OS/c1-12(2)18-9-16-13(3)8-15(20-16)11-19-6-4-17-14(10-19)5-7-21-17/h5,7-8,12,18H,4,6,9-11H2,1-3H3. The number of thiophene rings is 1. The van der Waals surface area contributed by atoms with Gasteiger partial charge in [-0.2, -0.15) is 0 Å². The molecule has 0 aliphatic carbocycles. The van der Waals surface area contributed by atoms with Gasteiger partial charge in [-0.1, -0.05) is 13.8 Å². The number of furan rings is 1. The van der Waals surface area contributed by atoms with Crippen LogP contribution < -0.4 is 5.32 Å². The highest BCUT2D eigenvalue weighted by Gasteiger charge is 2.19. The van der Waals surface area contributed by atoms with Gasteiger partial charge in [0.2, 0.25) is 0 Å². The predicted octanol–water partition coefficient (Wildman–Crippen LogP) is 3.71. The van der Waals surface area contributed by atoms with Crippen LogP contribution in [0.5, 0.6) is 0 Å². The number of rotatable bonds is 5. The minimum atomic E-state index is 0.483. The van der Waals surface area contributed by atoms with E-state index in [-0.39, 0.29) is 0 Å². The van der Waals surface area contributed by atoms with Crippen LogP contribution in [0.15, 0.2) is 21.9 Å². The lowest BCUT2D eigenvalue weighted by molar-refractivity contribution is 0.224. The van der Waals surface area contributed by atoms with E-state index in [1.165, 1.54) is 17.5 Å². The summed E-state index contributed by atoms with van der Waals surface area (Å²) in [4.78, 5) is 4.04. The summed E-state index contributed by atoms with van der Waals surface area (Å²) in [6, 6.07) is 4.94. The van der Waals surface area contributed by atoms with Crippen molar-refractivity contribution in [1.29, 1.82) is 0 Å². The summed E-state index contributed by atoms with van der Waals surface area (Å²) in [6.45, 7) is 10.4. The van der Waals surface area contributed by atoms with Crippen molar-refractivity contribution in [2.45, 2.75) is 52.9 Å². The summed E-state index contributed by atoms with van der Waals surface area (Å²) < 4.78 is 6.04. The van der Waals surface area contributed by atoms with E-state index in [0.717, 1.165) is 37.7 Å². The first-order chi connectivity index (χ1) is 10.1. The van der Waals surface area contributed by atoms with Crippen molar-refractivity contribution in [1.82, 2.24) is 10.2 Å². The fourth-order valence-corrected chi connectivity index (χ4v) is 3.69. The quantitative estimate of drug-likeness (QED) is 0.913. The first-order valence-corrected chi connectivity index (χ1v) is 8.59. The molecule has 1 N–H and O–H groups in total. The topological polar surface area (TPSA) is 28.4 Å². The van der Waals surface area contributed by atoms with Crippen molar-refractivity contribution in [3.05, 3.63) is 45.0 Å². The van der Waals surface area contributed by atoms with Crippen molar-refractivity contribution in [3.63, 3.8) is 0 Å². The van der Waals surface area contributed by atoms with Crippen molar-refractivity contribution in [3.8, 4) is 0 Å². The maximum Gasteiger partial charge on any atom is 0.120 e. The third kappa shape index (κ3) is 3.57. The van der Waals surface area contributed by atoms with Crippen LogP contribution in [-0.4, -0.2) is 17.5 Å². The zero-order valence-corrected chi connectivity index (χ0v) is 13.9. The second-order valence-electron chi connectivity index (χ2n) is 6.18. The third-order valence-electron chi connectivity index (χ3n) is 4.01. The molecule has 21 heavy (non-hydrogen) atoms. The Balaban J connectivity index is 1.62. The van der Waals surface area contributed by atoms with E-state index >= 15 is 0 Å². The monoisotopic (exact) mass is 304 g/mol. The molecular formula is C17H24N2OS. The van der Waals surface area contributed by atoms with Crippen LogP contribution in [0, 0.1) is 6.92 Å². The number of nitrogens with zero attached hydrogens (tertiary/aromatic N) is 1. The Hall–Kier alpha value is -1.10. The molecule has 0 atom stereocenters. The molecule has 2 aromatic heterocycles. The number of nitrogens with one attached hydrogen (secondary N) is 1. The second kappa shape index (κ2) is 6.34. The van der Waals surface area contributed by atoms with Crippen LogP contribution in [0.25, 0.3) is 0 Å². The Labute approximate surface area is 131 Å². The number of fused-ring (bicyclic) bond motifs is 1. The molecule has 0 fully saturated rings. The highest BCUT2D eigenvalue weighted by Crippen LogP contribution is 2.25. The fraction of sp³-hybridized carbons (Fsp3) is 0.529. The van der Waals surface area contributed by atoms with Crippen molar-refractivity contribution in [2.75, 3.05) is 6.54 Å². The van der Waals surface area contributed by atoms with Gasteiger partial charge in [0.05, 0.1) is 13.1 Å². The van der Waals surface area contributed by atoms with E-state index in [1.54, 1.807) is 4.88 Å². The summed E-state index contributed by atoms with van der Waals surface area (Å²) in [6.07, 6.45) is 1.18. The molecule has 3 heterocycles. The summed E-state index contributed by atoms with van der Waals surface area (Å²) in [7, 11) is 0. The molecule has 3 nitrogen and oxygen atoms in total. The fourth-order valence-electron chi connectivity index (χ4n) is 2.80. The van der Waals surface area contributed by atoms with Gasteiger partial charge in [0, 0.05) is 24.0 Å². The summed E-state index contributed by atoms with van der Waals surface area (Å²) in [5.74, 6) is 2.17. The summed E-state index contributed by atoms with van der Waals surface area (Å²) in [5.41, 5.74) is 2.75. The zero-order valence-electron chi connectivity index (χ0n) is 13.1. The molecule has 4 heteroatoms. The maximum absolute atomic E-state index is 6.04. The Bertz CT molecular complexity index is 600. The van der Waals surface area contributed by atoms with Gasteiger partial charge in [-0.15, -0.1) is 11.3 Å². The Morgan fingerprint density at radius 2 is 2.29 bits per heavy atom. The van der Waals surface area contributed by atoms with Gasteiger partial charge in [-0.25, -0.2) is 0 Å². The van der Waals surface area contributed by atoms with Crippen molar-refractivity contribution < 1.29 is 4.42 Å². The van der Waals surface area contributed by atoms with E-state index in [4.69, 9.17) is 4.42 Å². The maximum atomic E-state index is 6.04. The van der Waals surface area contributed by atoms with Crippen LogP contribution in [0.4, 0.5) is 0 Å². The number of hydrogen-bond donors (Lipinski definition) is 1. The predicted molar refractivity (Wildman–Crippen MR) is 87.6 cm³/mol. The molecule has 0 saturated carbocycles. The number of aryl methyl sites for hydroxylation is 1. The summed E-state index contributed by atoms with van der Waals surface area (Å²) >= 11 is 1.89. The number of hydrogen-bond acceptors (Lipinski definition) is 4. The van der Waals surface area contributed by atoms with Gasteiger partial charge >= 0.3 is 0 Å². The van der Waals surface area contributed by atoms with E-state index in [2.05, 4.69) is 48.5 Å². The van der Waals surface area contributed by atoms with Crippen molar-refractivity contribution in [2.24, 2.45) is 0 Å². The lowest BCUT2D eigenvalue weighted by atomic mass is 10.1. The molecule has 2 aromatic rings. The molecule has 114 valence electrons. The van der Waals surface area contributed by atoms with Crippen LogP contribution >= 0.6 is 11.3 Å². The highest BCUT2D eigenvalue weighted by molar-refractivity contribution is 7.10. The molecule has 1 aliphatic rings. The zero-order chi connectivity index (χ0) is 14.8. The molecule has 0 radical (unpaired) electrons. The lowest BCUT2D eigenvalue weighted by Crippen LogP contribution is -2.28. The average Bonchev–Trinajstić information content (AvgIpc) is 3.02. The van der Waals surface area contributed by atoms with Gasteiger partial charge < -0.3 is 9.73 Å². The Morgan fingerprint density at radius 3 is 3.10 bits per heavy atom. The van der Waals surface area contributed by atoms with E-state index in [1.807, 2.05) is 11.3 Å². The van der Waals surface area contributed by atoms with Gasteiger partial charge in [0.15, 0.2) is 0 Å². The molecule has 0 aromatic carbocycles. The van der Waals surface area contributed by atoms with Crippen LogP contribution in [0.3, 0.4) is 0 Å². The van der Waals surface area contributed by atoms with Crippen LogP contribution in [0.1, 0.15) is 41.4 Å². The molecule has 0 amide bonds. The molecule has 0 spiro atoms. The summed E-state index contributed by atoms with van der Waals surface area (Å²) in [5, 5.41) is 5.63. The minimum absolute atomic E-state index is 0.483. The normalized spacial score (nSPS) is 15.6. The smallest absolute Gasteiger partial charge is 0.120 e. The lowest BCUT2D eigenvalue weighted by Gasteiger charge is -2.25. The Morgan fingerprint density at radius 1 is 1.43 bits per heavy atom. The first-order valence-electron chi connectivity index (χ1n) is 7.71. The van der Waals surface area contributed by atoms with E-state index in [0.29, 0.717) is 6.04 Å². The largest absolute Gasteiger partial charge is 0.463 e. The average molecular weight is 304 g/mol. The van der Waals surface area contributed by atoms with Gasteiger partial charge in [-0.05, 0) is 42.0 Å². The Kier molecular flexibility index (Phi) is 4.48. The first kappa shape index (κ1) is 14.8. The van der Waals surface area contributed by atoms with Gasteiger partial charge in [0.1, 0.15) is 11.5 Å². The molecule has 0 saturated heterocycles. The van der Waals surface area contributed by atoms with Gasteiger partial charge in [-0.3, -0.25) is 4.90 Å². The molecular weight excluding hydrogens is 280 g/mol.